The first-order valence-electron chi connectivity index (χ1n) is 13.7. The van der Waals surface area contributed by atoms with Gasteiger partial charge in [0.15, 0.2) is 11.7 Å². The number of hydrogen-bond acceptors (Lipinski definition) is 6. The van der Waals surface area contributed by atoms with Gasteiger partial charge in [0.2, 0.25) is 0 Å². The number of carbonyl (C=O) groups is 1. The van der Waals surface area contributed by atoms with Gasteiger partial charge in [-0.25, -0.2) is 4.99 Å². The molecule has 8 heteroatoms. The van der Waals surface area contributed by atoms with Crippen LogP contribution in [0.15, 0.2) is 52.1 Å². The predicted molar refractivity (Wildman–Crippen MR) is 151 cm³/mol. The summed E-state index contributed by atoms with van der Waals surface area (Å²) < 4.78 is 0. The van der Waals surface area contributed by atoms with Crippen molar-refractivity contribution in [2.75, 3.05) is 39.8 Å². The zero-order valence-corrected chi connectivity index (χ0v) is 23.5. The molecule has 0 aromatic heterocycles. The molecule has 0 spiro atoms. The summed E-state index contributed by atoms with van der Waals surface area (Å²) in [5.41, 5.74) is 9.13. The first-order valence-corrected chi connectivity index (χ1v) is 13.7. The summed E-state index contributed by atoms with van der Waals surface area (Å²) >= 11 is 0. The van der Waals surface area contributed by atoms with E-state index in [-0.39, 0.29) is 24.4 Å². The SMILES string of the molecule is CC.CC=C(/C=C(\CC)C1CC1)NC1C=C(N2CCN(C)CC2)NC(=NCC(=O)/C=C(\N)C(C)C)N1. The Hall–Kier alpha value is -2.74. The average Bonchev–Trinajstić information content (AvgIpc) is 3.72. The zero-order chi connectivity index (χ0) is 26.7. The molecular weight excluding hydrogens is 450 g/mol. The molecule has 0 amide bonds. The Morgan fingerprint density at radius 2 is 1.89 bits per heavy atom. The van der Waals surface area contributed by atoms with E-state index in [4.69, 9.17) is 5.73 Å². The highest BCUT2D eigenvalue weighted by Gasteiger charge is 2.26. The maximum absolute atomic E-state index is 12.4. The molecule has 3 aliphatic rings. The van der Waals surface area contributed by atoms with Crippen LogP contribution < -0.4 is 21.7 Å². The number of nitrogens with two attached hydrogens (primary N) is 1. The molecule has 1 aliphatic carbocycles. The molecule has 2 aliphatic heterocycles. The molecule has 5 N–H and O–H groups in total. The second-order valence-electron chi connectivity index (χ2n) is 9.75. The minimum absolute atomic E-state index is 0.0452. The third-order valence-electron chi connectivity index (χ3n) is 6.58. The number of nitrogens with one attached hydrogen (secondary N) is 3. The fraction of sp³-hybridized carbons (Fsp3) is 0.643. The van der Waals surface area contributed by atoms with E-state index in [1.165, 1.54) is 24.5 Å². The number of rotatable bonds is 10. The Kier molecular flexibility index (Phi) is 12.1. The normalized spacial score (nSPS) is 22.9. The van der Waals surface area contributed by atoms with Crippen molar-refractivity contribution in [3.05, 3.63) is 47.1 Å². The first kappa shape index (κ1) is 29.5. The Bertz CT molecular complexity index is 872. The summed E-state index contributed by atoms with van der Waals surface area (Å²) in [5.74, 6) is 2.39. The Labute approximate surface area is 218 Å². The van der Waals surface area contributed by atoms with Gasteiger partial charge in [-0.2, -0.15) is 0 Å². The van der Waals surface area contributed by atoms with Gasteiger partial charge in [-0.1, -0.05) is 46.3 Å². The largest absolute Gasteiger partial charge is 0.402 e. The average molecular weight is 500 g/mol. The lowest BCUT2D eigenvalue weighted by Crippen LogP contribution is -2.57. The summed E-state index contributed by atoms with van der Waals surface area (Å²) in [4.78, 5) is 21.6. The number of nitrogens with zero attached hydrogens (tertiary/aromatic N) is 3. The number of carbonyl (C=O) groups excluding carboxylic acids is 1. The van der Waals surface area contributed by atoms with Crippen LogP contribution in [0.3, 0.4) is 0 Å². The van der Waals surface area contributed by atoms with Crippen molar-refractivity contribution in [2.24, 2.45) is 22.6 Å². The number of hydrogen-bond donors (Lipinski definition) is 4. The number of allylic oxidation sites excluding steroid dienone is 4. The molecule has 1 saturated carbocycles. The molecule has 1 saturated heterocycles. The maximum Gasteiger partial charge on any atom is 0.199 e. The van der Waals surface area contributed by atoms with Crippen LogP contribution in [0.4, 0.5) is 0 Å². The third kappa shape index (κ3) is 9.37. The number of aliphatic imine (C=N–C) groups is 1. The first-order chi connectivity index (χ1) is 17.3. The number of ketones is 1. The van der Waals surface area contributed by atoms with Gasteiger partial charge < -0.3 is 31.5 Å². The highest BCUT2D eigenvalue weighted by molar-refractivity contribution is 5.94. The zero-order valence-electron chi connectivity index (χ0n) is 23.5. The van der Waals surface area contributed by atoms with Gasteiger partial charge in [0.25, 0.3) is 0 Å². The van der Waals surface area contributed by atoms with Crippen LogP contribution in [-0.4, -0.2) is 67.5 Å². The van der Waals surface area contributed by atoms with Gasteiger partial charge in [-0.05, 0) is 57.2 Å². The number of guanidine groups is 1. The highest BCUT2D eigenvalue weighted by atomic mass is 16.1. The molecule has 2 fully saturated rings. The van der Waals surface area contributed by atoms with Crippen LogP contribution in [-0.2, 0) is 4.79 Å². The molecule has 8 nitrogen and oxygen atoms in total. The quantitative estimate of drug-likeness (QED) is 0.270. The molecule has 0 radical (unpaired) electrons. The lowest BCUT2D eigenvalue weighted by atomic mass is 10.1. The van der Waals surface area contributed by atoms with Crippen molar-refractivity contribution in [3.63, 3.8) is 0 Å². The minimum atomic E-state index is -0.138. The van der Waals surface area contributed by atoms with Gasteiger partial charge in [-0.15, -0.1) is 0 Å². The van der Waals surface area contributed by atoms with Crippen LogP contribution in [0, 0.1) is 11.8 Å². The molecule has 1 unspecified atom stereocenters. The molecule has 0 aromatic rings. The smallest absolute Gasteiger partial charge is 0.199 e. The number of likely N-dealkylation sites (N-methyl/N-ethyl adjacent to an activating group) is 1. The molecular formula is C28H49N7O. The maximum atomic E-state index is 12.4. The Morgan fingerprint density at radius 1 is 1.22 bits per heavy atom. The molecule has 0 bridgehead atoms. The van der Waals surface area contributed by atoms with E-state index < -0.39 is 0 Å². The van der Waals surface area contributed by atoms with Crippen LogP contribution in [0.25, 0.3) is 0 Å². The fourth-order valence-electron chi connectivity index (χ4n) is 4.05. The van der Waals surface area contributed by atoms with E-state index in [0.717, 1.165) is 50.0 Å². The van der Waals surface area contributed by atoms with Crippen LogP contribution in [0.5, 0.6) is 0 Å². The number of piperazine rings is 1. The van der Waals surface area contributed by atoms with E-state index in [1.807, 2.05) is 27.7 Å². The van der Waals surface area contributed by atoms with Crippen molar-refractivity contribution >= 4 is 11.7 Å². The minimum Gasteiger partial charge on any atom is -0.402 e. The third-order valence-corrected chi connectivity index (χ3v) is 6.58. The van der Waals surface area contributed by atoms with Crippen LogP contribution in [0.2, 0.25) is 0 Å². The standard InChI is InChI=1S/C26H43N7O.C2H6/c1-6-19(20-8-9-20)14-21(7-2)29-24-16-25(33-12-10-32(5)11-13-33)31-26(30-24)28-17-22(34)15-23(27)18(3)4;1-2/h7,14-16,18,20,24,29H,6,8-13,17,27H2,1-5H3,(H2,28,30,31);1-2H3/b19-14+,21-7?,23-15-;. The van der Waals surface area contributed by atoms with Crippen molar-refractivity contribution in [1.29, 1.82) is 0 Å². The van der Waals surface area contributed by atoms with E-state index in [9.17, 15) is 4.79 Å². The van der Waals surface area contributed by atoms with E-state index >= 15 is 0 Å². The van der Waals surface area contributed by atoms with E-state index in [0.29, 0.717) is 11.7 Å². The summed E-state index contributed by atoms with van der Waals surface area (Å²) in [5, 5.41) is 10.4. The monoisotopic (exact) mass is 499 g/mol. The van der Waals surface area contributed by atoms with Crippen molar-refractivity contribution in [3.8, 4) is 0 Å². The lowest BCUT2D eigenvalue weighted by Gasteiger charge is -2.38. The highest BCUT2D eigenvalue weighted by Crippen LogP contribution is 2.38. The predicted octanol–water partition coefficient (Wildman–Crippen LogP) is 3.28. The Balaban J connectivity index is 0.00000222. The van der Waals surface area contributed by atoms with Crippen molar-refractivity contribution < 1.29 is 4.79 Å². The van der Waals surface area contributed by atoms with Crippen LogP contribution >= 0.6 is 0 Å². The second kappa shape index (κ2) is 14.7. The van der Waals surface area contributed by atoms with Gasteiger partial charge in [-0.3, -0.25) is 4.79 Å². The van der Waals surface area contributed by atoms with Gasteiger partial charge in [0, 0.05) is 43.6 Å². The molecule has 202 valence electrons. The molecule has 1 atom stereocenters. The van der Waals surface area contributed by atoms with Crippen LogP contribution in [0.1, 0.15) is 60.8 Å². The summed E-state index contributed by atoms with van der Waals surface area (Å²) in [6.45, 7) is 16.2. The molecule has 36 heavy (non-hydrogen) atoms. The van der Waals surface area contributed by atoms with E-state index in [1.54, 1.807) is 0 Å². The van der Waals surface area contributed by atoms with Crippen molar-refractivity contribution in [2.45, 2.75) is 67.0 Å². The lowest BCUT2D eigenvalue weighted by molar-refractivity contribution is -0.113. The molecule has 2 heterocycles. The summed E-state index contributed by atoms with van der Waals surface area (Å²) in [7, 11) is 2.15. The Morgan fingerprint density at radius 3 is 2.44 bits per heavy atom. The molecule has 0 aromatic carbocycles. The van der Waals surface area contributed by atoms with Crippen molar-refractivity contribution in [1.82, 2.24) is 25.8 Å². The second-order valence-corrected chi connectivity index (χ2v) is 9.75. The van der Waals surface area contributed by atoms with Gasteiger partial charge >= 0.3 is 0 Å². The van der Waals surface area contributed by atoms with E-state index in [2.05, 4.69) is 69.9 Å². The topological polar surface area (TPSA) is 98.0 Å². The van der Waals surface area contributed by atoms with Gasteiger partial charge in [0.1, 0.15) is 18.5 Å². The fourth-order valence-corrected chi connectivity index (χ4v) is 4.05. The molecule has 3 rings (SSSR count). The summed E-state index contributed by atoms with van der Waals surface area (Å²) in [6.07, 6.45) is 11.6. The summed E-state index contributed by atoms with van der Waals surface area (Å²) in [6, 6.07) is 0. The van der Waals surface area contributed by atoms with Gasteiger partial charge in [0.05, 0.1) is 0 Å².